The van der Waals surface area contributed by atoms with Gasteiger partial charge in [0.2, 0.25) is 0 Å². The molecule has 1 N–H and O–H groups in total. The predicted molar refractivity (Wildman–Crippen MR) is 90.7 cm³/mol. The molecular formula is C17H30N2OS. The molecule has 120 valence electrons. The number of rotatable bonds is 7. The van der Waals surface area contributed by atoms with Crippen molar-refractivity contribution in [3.05, 3.63) is 21.9 Å². The molecule has 0 aliphatic carbocycles. The van der Waals surface area contributed by atoms with E-state index in [1.165, 1.54) is 22.7 Å². The largest absolute Gasteiger partial charge is 0.380 e. The van der Waals surface area contributed by atoms with E-state index < -0.39 is 0 Å². The van der Waals surface area contributed by atoms with Crippen molar-refractivity contribution in [2.75, 3.05) is 26.7 Å². The highest BCUT2D eigenvalue weighted by molar-refractivity contribution is 7.11. The lowest BCUT2D eigenvalue weighted by Gasteiger charge is -2.35. The molecule has 2 rings (SSSR count). The molecular weight excluding hydrogens is 280 g/mol. The Kier molecular flexibility index (Phi) is 6.68. The standard InChI is InChI=1S/C17H30N2OS/c1-13(2)9-18-10-15-5-6-16(21-15)11-19-8-7-14(3)17(12-19)20-4/h5-6,13-14,17-18H,7-12H2,1-4H3. The summed E-state index contributed by atoms with van der Waals surface area (Å²) in [5.41, 5.74) is 0. The number of nitrogens with zero attached hydrogens (tertiary/aromatic N) is 1. The van der Waals surface area contributed by atoms with Gasteiger partial charge in [-0.15, -0.1) is 11.3 Å². The van der Waals surface area contributed by atoms with Gasteiger partial charge < -0.3 is 10.1 Å². The maximum atomic E-state index is 5.60. The summed E-state index contributed by atoms with van der Waals surface area (Å²) in [6.07, 6.45) is 1.64. The Morgan fingerprint density at radius 1 is 1.38 bits per heavy atom. The maximum absolute atomic E-state index is 5.60. The van der Waals surface area contributed by atoms with Gasteiger partial charge in [-0.25, -0.2) is 0 Å². The molecule has 1 fully saturated rings. The van der Waals surface area contributed by atoms with Crippen molar-refractivity contribution in [1.29, 1.82) is 0 Å². The average Bonchev–Trinajstić information content (AvgIpc) is 2.88. The maximum Gasteiger partial charge on any atom is 0.0724 e. The molecule has 2 atom stereocenters. The molecule has 1 aromatic heterocycles. The van der Waals surface area contributed by atoms with Crippen molar-refractivity contribution in [1.82, 2.24) is 10.2 Å². The van der Waals surface area contributed by atoms with E-state index in [0.29, 0.717) is 17.9 Å². The van der Waals surface area contributed by atoms with Crippen LogP contribution in [0, 0.1) is 11.8 Å². The first-order chi connectivity index (χ1) is 10.1. The van der Waals surface area contributed by atoms with Crippen LogP contribution in [0.4, 0.5) is 0 Å². The van der Waals surface area contributed by atoms with E-state index >= 15 is 0 Å². The summed E-state index contributed by atoms with van der Waals surface area (Å²) in [7, 11) is 1.84. The van der Waals surface area contributed by atoms with Gasteiger partial charge in [-0.3, -0.25) is 4.90 Å². The summed E-state index contributed by atoms with van der Waals surface area (Å²) < 4.78 is 5.60. The SMILES string of the molecule is COC1CN(Cc2ccc(CNCC(C)C)s2)CCC1C. The fourth-order valence-electron chi connectivity index (χ4n) is 2.86. The van der Waals surface area contributed by atoms with Gasteiger partial charge in [-0.05, 0) is 43.5 Å². The Morgan fingerprint density at radius 3 is 2.86 bits per heavy atom. The van der Waals surface area contributed by atoms with E-state index in [0.717, 1.165) is 26.2 Å². The molecule has 2 heterocycles. The smallest absolute Gasteiger partial charge is 0.0724 e. The zero-order valence-electron chi connectivity index (χ0n) is 13.9. The second-order valence-electron chi connectivity index (χ2n) is 6.67. The molecule has 2 unspecified atom stereocenters. The predicted octanol–water partition coefficient (Wildman–Crippen LogP) is 3.35. The highest BCUT2D eigenvalue weighted by Gasteiger charge is 2.26. The number of hydrogen-bond acceptors (Lipinski definition) is 4. The van der Waals surface area contributed by atoms with Crippen molar-refractivity contribution in [3.8, 4) is 0 Å². The molecule has 0 saturated carbocycles. The first-order valence-corrected chi connectivity index (χ1v) is 8.93. The van der Waals surface area contributed by atoms with E-state index in [1.54, 1.807) is 0 Å². The van der Waals surface area contributed by atoms with E-state index in [-0.39, 0.29) is 0 Å². The van der Waals surface area contributed by atoms with Crippen LogP contribution in [0.15, 0.2) is 12.1 Å². The van der Waals surface area contributed by atoms with E-state index in [9.17, 15) is 0 Å². The number of methoxy groups -OCH3 is 1. The molecule has 21 heavy (non-hydrogen) atoms. The minimum atomic E-state index is 0.394. The summed E-state index contributed by atoms with van der Waals surface area (Å²) in [6, 6.07) is 4.56. The van der Waals surface area contributed by atoms with Crippen LogP contribution in [0.25, 0.3) is 0 Å². The second-order valence-corrected chi connectivity index (χ2v) is 7.92. The van der Waals surface area contributed by atoms with Crippen LogP contribution in [0.1, 0.15) is 36.9 Å². The monoisotopic (exact) mass is 310 g/mol. The lowest BCUT2D eigenvalue weighted by molar-refractivity contribution is -0.00716. The summed E-state index contributed by atoms with van der Waals surface area (Å²) in [5.74, 6) is 1.40. The van der Waals surface area contributed by atoms with E-state index in [2.05, 4.69) is 43.1 Å². The normalized spacial score (nSPS) is 23.9. The van der Waals surface area contributed by atoms with Crippen molar-refractivity contribution in [2.24, 2.45) is 11.8 Å². The van der Waals surface area contributed by atoms with Crippen LogP contribution in [-0.4, -0.2) is 37.7 Å². The van der Waals surface area contributed by atoms with Gasteiger partial charge in [-0.2, -0.15) is 0 Å². The quantitative estimate of drug-likeness (QED) is 0.836. The van der Waals surface area contributed by atoms with Crippen molar-refractivity contribution < 1.29 is 4.74 Å². The van der Waals surface area contributed by atoms with Gasteiger partial charge in [-0.1, -0.05) is 20.8 Å². The van der Waals surface area contributed by atoms with E-state index in [4.69, 9.17) is 4.74 Å². The molecule has 1 aliphatic rings. The van der Waals surface area contributed by atoms with Crippen molar-refractivity contribution in [2.45, 2.75) is 46.4 Å². The van der Waals surface area contributed by atoms with Gasteiger partial charge in [0.15, 0.2) is 0 Å². The van der Waals surface area contributed by atoms with Crippen LogP contribution in [0.5, 0.6) is 0 Å². The molecule has 0 amide bonds. The van der Waals surface area contributed by atoms with Gasteiger partial charge in [0.05, 0.1) is 6.10 Å². The van der Waals surface area contributed by atoms with Gasteiger partial charge in [0, 0.05) is 36.5 Å². The first kappa shape index (κ1) is 16.9. The first-order valence-electron chi connectivity index (χ1n) is 8.12. The number of hydrogen-bond donors (Lipinski definition) is 1. The third-order valence-corrected chi connectivity index (χ3v) is 5.29. The minimum absolute atomic E-state index is 0.394. The summed E-state index contributed by atoms with van der Waals surface area (Å²) in [4.78, 5) is 5.45. The Morgan fingerprint density at radius 2 is 2.14 bits per heavy atom. The van der Waals surface area contributed by atoms with Gasteiger partial charge in [0.1, 0.15) is 0 Å². The fourth-order valence-corrected chi connectivity index (χ4v) is 3.89. The van der Waals surface area contributed by atoms with Gasteiger partial charge in [0.25, 0.3) is 0 Å². The summed E-state index contributed by atoms with van der Waals surface area (Å²) in [6.45, 7) is 12.2. The van der Waals surface area contributed by atoms with Crippen LogP contribution >= 0.6 is 11.3 Å². The molecule has 0 aromatic carbocycles. The summed E-state index contributed by atoms with van der Waals surface area (Å²) >= 11 is 1.94. The third kappa shape index (κ3) is 5.37. The lowest BCUT2D eigenvalue weighted by Crippen LogP contribution is -2.43. The molecule has 1 aromatic rings. The zero-order chi connectivity index (χ0) is 15.2. The molecule has 3 nitrogen and oxygen atoms in total. The molecule has 0 spiro atoms. The Hall–Kier alpha value is -0.420. The van der Waals surface area contributed by atoms with E-state index in [1.807, 2.05) is 18.4 Å². The molecule has 0 bridgehead atoms. The van der Waals surface area contributed by atoms with Gasteiger partial charge >= 0.3 is 0 Å². The van der Waals surface area contributed by atoms with Crippen molar-refractivity contribution in [3.63, 3.8) is 0 Å². The summed E-state index contributed by atoms with van der Waals surface area (Å²) in [5, 5.41) is 3.52. The Balaban J connectivity index is 1.79. The topological polar surface area (TPSA) is 24.5 Å². The molecule has 4 heteroatoms. The van der Waals surface area contributed by atoms with Crippen molar-refractivity contribution >= 4 is 11.3 Å². The zero-order valence-corrected chi connectivity index (χ0v) is 14.7. The molecule has 1 aliphatic heterocycles. The second kappa shape index (κ2) is 8.28. The third-order valence-electron chi connectivity index (χ3n) is 4.22. The average molecular weight is 311 g/mol. The number of thiophene rings is 1. The number of likely N-dealkylation sites (tertiary alicyclic amines) is 1. The van der Waals surface area contributed by atoms with Crippen LogP contribution < -0.4 is 5.32 Å². The fraction of sp³-hybridized carbons (Fsp3) is 0.765. The highest BCUT2D eigenvalue weighted by Crippen LogP contribution is 2.23. The number of ether oxygens (including phenoxy) is 1. The number of piperidine rings is 1. The molecule has 1 saturated heterocycles. The Labute approximate surface area is 133 Å². The van der Waals surface area contributed by atoms with Crippen LogP contribution in [-0.2, 0) is 17.8 Å². The lowest BCUT2D eigenvalue weighted by atomic mass is 9.96. The Bertz CT molecular complexity index is 419. The minimum Gasteiger partial charge on any atom is -0.380 e. The highest BCUT2D eigenvalue weighted by atomic mass is 32.1. The van der Waals surface area contributed by atoms with Crippen LogP contribution in [0.2, 0.25) is 0 Å². The number of nitrogens with one attached hydrogen (secondary N) is 1. The van der Waals surface area contributed by atoms with Crippen LogP contribution in [0.3, 0.4) is 0 Å². The molecule has 0 radical (unpaired) electrons.